The molecule has 0 unspecified atom stereocenters. The highest BCUT2D eigenvalue weighted by atomic mass is 35.5. The molecule has 0 aromatic carbocycles. The van der Waals surface area contributed by atoms with Crippen molar-refractivity contribution in [2.24, 2.45) is 0 Å². The molecule has 0 aliphatic rings. The molecule has 0 radical (unpaired) electrons. The van der Waals surface area contributed by atoms with Crippen LogP contribution in [0.5, 0.6) is 0 Å². The average molecular weight is 351 g/mol. The predicted octanol–water partition coefficient (Wildman–Crippen LogP) is 5.58. The summed E-state index contributed by atoms with van der Waals surface area (Å²) in [7, 11) is 0. The van der Waals surface area contributed by atoms with Gasteiger partial charge in [0.2, 0.25) is 0 Å². The van der Waals surface area contributed by atoms with Crippen molar-refractivity contribution < 1.29 is 43.9 Å². The van der Waals surface area contributed by atoms with Crippen LogP contribution in [0.3, 0.4) is 0 Å². The van der Waals surface area contributed by atoms with Gasteiger partial charge in [-0.05, 0) is 23.2 Å². The maximum Gasteiger partial charge on any atom is 0.393 e. The van der Waals surface area contributed by atoms with Gasteiger partial charge in [0.05, 0.1) is 0 Å². The molecule has 0 aliphatic carbocycles. The Bertz CT molecular complexity index is 261. The van der Waals surface area contributed by atoms with Gasteiger partial charge >= 0.3 is 28.5 Å². The first-order chi connectivity index (χ1) is 8.00. The van der Waals surface area contributed by atoms with E-state index in [1.54, 1.807) is 0 Å². The molecule has 19 heavy (non-hydrogen) atoms. The van der Waals surface area contributed by atoms with Crippen molar-refractivity contribution in [3.8, 4) is 0 Å². The van der Waals surface area contributed by atoms with E-state index in [0.717, 1.165) is 0 Å². The van der Waals surface area contributed by atoms with Gasteiger partial charge in [0.25, 0.3) is 0 Å². The lowest BCUT2D eigenvalue weighted by Gasteiger charge is -2.35. The summed E-state index contributed by atoms with van der Waals surface area (Å²) in [5.41, 5.74) is 0. The SMILES string of the molecule is CC.FC(F)(Cl)C(F)(F)C(F)(F)C(F)(F)C(F)(F)Cl. The first kappa shape index (κ1) is 21.2. The normalized spacial score (nSPS) is 14.8. The van der Waals surface area contributed by atoms with Crippen LogP contribution in [0.25, 0.3) is 0 Å². The molecule has 0 spiro atoms. The van der Waals surface area contributed by atoms with Gasteiger partial charge < -0.3 is 0 Å². The fourth-order valence-corrected chi connectivity index (χ4v) is 0.791. The van der Waals surface area contributed by atoms with Crippen LogP contribution in [0.15, 0.2) is 0 Å². The molecule has 0 atom stereocenters. The fourth-order valence-electron chi connectivity index (χ4n) is 0.553. The highest BCUT2D eigenvalue weighted by molar-refractivity contribution is 6.23. The lowest BCUT2D eigenvalue weighted by atomic mass is 10.0. The second-order valence-electron chi connectivity index (χ2n) is 2.72. The third-order valence-electron chi connectivity index (χ3n) is 1.50. The van der Waals surface area contributed by atoms with E-state index in [0.29, 0.717) is 0 Å². The molecule has 0 N–H and O–H groups in total. The van der Waals surface area contributed by atoms with E-state index < -0.39 is 28.5 Å². The minimum absolute atomic E-state index is 2.00. The smallest absolute Gasteiger partial charge is 0.192 e. The molecule has 0 fully saturated rings. The zero-order chi connectivity index (χ0) is 16.5. The Hall–Kier alpha value is -0.120. The van der Waals surface area contributed by atoms with E-state index >= 15 is 0 Å². The van der Waals surface area contributed by atoms with Crippen molar-refractivity contribution in [2.45, 2.75) is 42.4 Å². The summed E-state index contributed by atoms with van der Waals surface area (Å²) in [5.74, 6) is -21.1. The monoisotopic (exact) mass is 350 g/mol. The second-order valence-corrected chi connectivity index (χ2v) is 3.67. The minimum Gasteiger partial charge on any atom is -0.192 e. The first-order valence-electron chi connectivity index (χ1n) is 4.27. The van der Waals surface area contributed by atoms with Crippen molar-refractivity contribution in [3.05, 3.63) is 0 Å². The van der Waals surface area contributed by atoms with Crippen LogP contribution in [-0.2, 0) is 0 Å². The molecule has 0 aliphatic heterocycles. The molecule has 0 heterocycles. The molecule has 118 valence electrons. The number of hydrogen-bond acceptors (Lipinski definition) is 0. The highest BCUT2D eigenvalue weighted by Gasteiger charge is 2.86. The van der Waals surface area contributed by atoms with Crippen LogP contribution < -0.4 is 0 Å². The van der Waals surface area contributed by atoms with Gasteiger partial charge in [-0.25, -0.2) is 0 Å². The first-order valence-corrected chi connectivity index (χ1v) is 5.02. The Morgan fingerprint density at radius 1 is 0.474 bits per heavy atom. The number of halogens is 12. The van der Waals surface area contributed by atoms with Crippen LogP contribution in [0.1, 0.15) is 13.8 Å². The molecule has 0 aromatic heterocycles. The maximum absolute atomic E-state index is 12.3. The summed E-state index contributed by atoms with van der Waals surface area (Å²) in [6, 6.07) is 0. The molecule has 0 amide bonds. The van der Waals surface area contributed by atoms with Crippen molar-refractivity contribution in [1.82, 2.24) is 0 Å². The summed E-state index contributed by atoms with van der Waals surface area (Å²) in [4.78, 5) is 0. The Labute approximate surface area is 110 Å². The van der Waals surface area contributed by atoms with E-state index in [9.17, 15) is 43.9 Å². The molecule has 12 heteroatoms. The highest BCUT2D eigenvalue weighted by Crippen LogP contribution is 2.58. The Kier molecular flexibility index (Phi) is 6.36. The van der Waals surface area contributed by atoms with Crippen LogP contribution in [0, 0.1) is 0 Å². The van der Waals surface area contributed by atoms with Crippen molar-refractivity contribution in [1.29, 1.82) is 0 Å². The average Bonchev–Trinajstić information content (AvgIpc) is 2.16. The summed E-state index contributed by atoms with van der Waals surface area (Å²) < 4.78 is 121. The van der Waals surface area contributed by atoms with Gasteiger partial charge in [0, 0.05) is 0 Å². The lowest BCUT2D eigenvalue weighted by molar-refractivity contribution is -0.375. The number of hydrogen-bond donors (Lipinski definition) is 0. The summed E-state index contributed by atoms with van der Waals surface area (Å²) in [6.45, 7) is 4.00. The van der Waals surface area contributed by atoms with Crippen LogP contribution in [-0.4, -0.2) is 28.5 Å². The Balaban J connectivity index is 0. The molecule has 0 saturated heterocycles. The topological polar surface area (TPSA) is 0 Å². The Morgan fingerprint density at radius 3 is 0.737 bits per heavy atom. The quantitative estimate of drug-likeness (QED) is 0.458. The lowest BCUT2D eigenvalue weighted by Crippen LogP contribution is -2.64. The van der Waals surface area contributed by atoms with Gasteiger partial charge in [-0.2, -0.15) is 43.9 Å². The van der Waals surface area contributed by atoms with E-state index in [4.69, 9.17) is 0 Å². The van der Waals surface area contributed by atoms with Crippen LogP contribution in [0.2, 0.25) is 0 Å². The summed E-state index contributed by atoms with van der Waals surface area (Å²) >= 11 is 6.96. The Morgan fingerprint density at radius 2 is 0.632 bits per heavy atom. The van der Waals surface area contributed by atoms with E-state index in [1.807, 2.05) is 13.8 Å². The van der Waals surface area contributed by atoms with Gasteiger partial charge in [-0.1, -0.05) is 13.8 Å². The number of alkyl halides is 12. The summed E-state index contributed by atoms with van der Waals surface area (Å²) in [5, 5.41) is -12.4. The molecular weight excluding hydrogens is 345 g/mol. The largest absolute Gasteiger partial charge is 0.393 e. The maximum atomic E-state index is 12.3. The van der Waals surface area contributed by atoms with E-state index in [2.05, 4.69) is 23.2 Å². The summed E-state index contributed by atoms with van der Waals surface area (Å²) in [6.07, 6.45) is 0. The molecule has 0 saturated carbocycles. The second kappa shape index (κ2) is 5.71. The molecule has 0 aromatic rings. The fraction of sp³-hybridized carbons (Fsp3) is 1.00. The van der Waals surface area contributed by atoms with Crippen molar-refractivity contribution in [2.75, 3.05) is 0 Å². The van der Waals surface area contributed by atoms with E-state index in [1.165, 1.54) is 0 Å². The van der Waals surface area contributed by atoms with Crippen LogP contribution in [0.4, 0.5) is 43.9 Å². The third-order valence-corrected chi connectivity index (χ3v) is 1.98. The van der Waals surface area contributed by atoms with Gasteiger partial charge in [-0.3, -0.25) is 0 Å². The van der Waals surface area contributed by atoms with E-state index in [-0.39, 0.29) is 0 Å². The zero-order valence-electron chi connectivity index (χ0n) is 9.04. The van der Waals surface area contributed by atoms with Gasteiger partial charge in [0.1, 0.15) is 0 Å². The molecule has 0 bridgehead atoms. The zero-order valence-corrected chi connectivity index (χ0v) is 10.5. The number of rotatable bonds is 4. The third kappa shape index (κ3) is 3.50. The van der Waals surface area contributed by atoms with Crippen molar-refractivity contribution in [3.63, 3.8) is 0 Å². The van der Waals surface area contributed by atoms with Crippen LogP contribution >= 0.6 is 23.2 Å². The molecular formula is C7H6Cl2F10. The predicted molar refractivity (Wildman–Crippen MR) is 47.8 cm³/mol. The molecule has 0 nitrogen and oxygen atoms in total. The van der Waals surface area contributed by atoms with Crippen molar-refractivity contribution >= 4 is 23.2 Å². The van der Waals surface area contributed by atoms with Gasteiger partial charge in [-0.15, -0.1) is 0 Å². The standard InChI is InChI=1S/C5Cl2F10.C2H6/c6-4(14,15)2(10,11)1(8,9)3(12,13)5(7,16)17;1-2/h;1-2H3. The van der Waals surface area contributed by atoms with Gasteiger partial charge in [0.15, 0.2) is 0 Å². The minimum atomic E-state index is -7.17. The molecule has 0 rings (SSSR count).